The van der Waals surface area contributed by atoms with Gasteiger partial charge < -0.3 is 11.1 Å². The van der Waals surface area contributed by atoms with E-state index in [2.05, 4.69) is 12.2 Å². The van der Waals surface area contributed by atoms with Crippen LogP contribution >= 0.6 is 0 Å². The third kappa shape index (κ3) is 4.48. The van der Waals surface area contributed by atoms with E-state index in [9.17, 15) is 4.79 Å². The van der Waals surface area contributed by atoms with Gasteiger partial charge in [0.2, 0.25) is 5.91 Å². The Bertz CT molecular complexity index is 278. The molecule has 3 heteroatoms. The van der Waals surface area contributed by atoms with Gasteiger partial charge in [-0.1, -0.05) is 32.6 Å². The average molecular weight is 266 g/mol. The SMILES string of the molecule is CCC(CC1CCCC1)C(=O)NC1CCC(N)CC1. The van der Waals surface area contributed by atoms with Gasteiger partial charge in [-0.05, 0) is 44.4 Å². The van der Waals surface area contributed by atoms with Gasteiger partial charge in [-0.3, -0.25) is 4.79 Å². The van der Waals surface area contributed by atoms with Gasteiger partial charge in [-0.25, -0.2) is 0 Å². The lowest BCUT2D eigenvalue weighted by Crippen LogP contribution is -2.43. The molecule has 0 aromatic heterocycles. The van der Waals surface area contributed by atoms with Crippen LogP contribution in [0.4, 0.5) is 0 Å². The van der Waals surface area contributed by atoms with Crippen molar-refractivity contribution in [2.24, 2.45) is 17.6 Å². The summed E-state index contributed by atoms with van der Waals surface area (Å²) in [6.07, 6.45) is 11.7. The highest BCUT2D eigenvalue weighted by Gasteiger charge is 2.26. The molecule has 19 heavy (non-hydrogen) atoms. The molecule has 0 aliphatic heterocycles. The molecule has 2 rings (SSSR count). The minimum Gasteiger partial charge on any atom is -0.353 e. The van der Waals surface area contributed by atoms with Gasteiger partial charge in [-0.2, -0.15) is 0 Å². The fourth-order valence-corrected chi connectivity index (χ4v) is 3.69. The molecule has 0 saturated heterocycles. The Morgan fingerprint density at radius 2 is 1.79 bits per heavy atom. The number of carbonyl (C=O) groups excluding carboxylic acids is 1. The lowest BCUT2D eigenvalue weighted by molar-refractivity contribution is -0.126. The molecule has 0 heterocycles. The molecule has 0 spiro atoms. The quantitative estimate of drug-likeness (QED) is 0.803. The fourth-order valence-electron chi connectivity index (χ4n) is 3.69. The summed E-state index contributed by atoms with van der Waals surface area (Å²) in [7, 11) is 0. The van der Waals surface area contributed by atoms with E-state index < -0.39 is 0 Å². The van der Waals surface area contributed by atoms with Crippen LogP contribution in [-0.4, -0.2) is 18.0 Å². The van der Waals surface area contributed by atoms with Crippen molar-refractivity contribution >= 4 is 5.91 Å². The van der Waals surface area contributed by atoms with Crippen LogP contribution < -0.4 is 11.1 Å². The van der Waals surface area contributed by atoms with E-state index in [4.69, 9.17) is 5.73 Å². The lowest BCUT2D eigenvalue weighted by Gasteiger charge is -2.28. The molecule has 2 aliphatic carbocycles. The Morgan fingerprint density at radius 3 is 2.37 bits per heavy atom. The van der Waals surface area contributed by atoms with Gasteiger partial charge >= 0.3 is 0 Å². The molecule has 1 amide bonds. The second-order valence-electron chi connectivity index (χ2n) is 6.61. The van der Waals surface area contributed by atoms with E-state index in [-0.39, 0.29) is 5.92 Å². The first kappa shape index (κ1) is 14.8. The zero-order valence-corrected chi connectivity index (χ0v) is 12.4. The van der Waals surface area contributed by atoms with Crippen LogP contribution in [0.3, 0.4) is 0 Å². The Labute approximate surface area is 117 Å². The van der Waals surface area contributed by atoms with Crippen LogP contribution in [0.25, 0.3) is 0 Å². The minimum atomic E-state index is 0.235. The van der Waals surface area contributed by atoms with Crippen molar-refractivity contribution in [1.82, 2.24) is 5.32 Å². The van der Waals surface area contributed by atoms with Crippen LogP contribution in [0.2, 0.25) is 0 Å². The summed E-state index contributed by atoms with van der Waals surface area (Å²) in [5.74, 6) is 1.34. The fraction of sp³-hybridized carbons (Fsp3) is 0.938. The maximum Gasteiger partial charge on any atom is 0.223 e. The van der Waals surface area contributed by atoms with Crippen molar-refractivity contribution in [2.45, 2.75) is 83.2 Å². The van der Waals surface area contributed by atoms with Crippen LogP contribution in [0, 0.1) is 11.8 Å². The number of hydrogen-bond donors (Lipinski definition) is 2. The van der Waals surface area contributed by atoms with Crippen molar-refractivity contribution in [3.8, 4) is 0 Å². The number of hydrogen-bond acceptors (Lipinski definition) is 2. The van der Waals surface area contributed by atoms with Gasteiger partial charge in [0.15, 0.2) is 0 Å². The zero-order chi connectivity index (χ0) is 13.7. The van der Waals surface area contributed by atoms with Crippen molar-refractivity contribution in [1.29, 1.82) is 0 Å². The molecule has 0 radical (unpaired) electrons. The molecule has 110 valence electrons. The normalized spacial score (nSPS) is 30.2. The Balaban J connectivity index is 1.76. The summed E-state index contributed by atoms with van der Waals surface area (Å²) >= 11 is 0. The zero-order valence-electron chi connectivity index (χ0n) is 12.4. The molecule has 2 saturated carbocycles. The van der Waals surface area contributed by atoms with Crippen LogP contribution in [-0.2, 0) is 4.79 Å². The van der Waals surface area contributed by atoms with Crippen molar-refractivity contribution < 1.29 is 4.79 Å². The second kappa shape index (κ2) is 7.28. The van der Waals surface area contributed by atoms with Gasteiger partial charge in [0.05, 0.1) is 0 Å². The standard InChI is InChI=1S/C16H30N2O/c1-2-13(11-12-5-3-4-6-12)16(19)18-15-9-7-14(17)8-10-15/h12-15H,2-11,17H2,1H3,(H,18,19). The summed E-state index contributed by atoms with van der Waals surface area (Å²) in [6, 6.07) is 0.735. The van der Waals surface area contributed by atoms with E-state index >= 15 is 0 Å². The molecule has 1 unspecified atom stereocenters. The first-order chi connectivity index (χ1) is 9.19. The topological polar surface area (TPSA) is 55.1 Å². The number of nitrogens with one attached hydrogen (secondary N) is 1. The summed E-state index contributed by atoms with van der Waals surface area (Å²) < 4.78 is 0. The molecule has 2 aliphatic rings. The van der Waals surface area contributed by atoms with E-state index in [1.165, 1.54) is 25.7 Å². The molecule has 0 aromatic rings. The second-order valence-corrected chi connectivity index (χ2v) is 6.61. The smallest absolute Gasteiger partial charge is 0.223 e. The monoisotopic (exact) mass is 266 g/mol. The molecule has 1 atom stereocenters. The van der Waals surface area contributed by atoms with E-state index in [0.717, 1.165) is 44.4 Å². The van der Waals surface area contributed by atoms with E-state index in [1.807, 2.05) is 0 Å². The molecule has 0 aromatic carbocycles. The maximum atomic E-state index is 12.4. The predicted molar refractivity (Wildman–Crippen MR) is 78.7 cm³/mol. The third-order valence-electron chi connectivity index (χ3n) is 5.07. The summed E-state index contributed by atoms with van der Waals surface area (Å²) in [5.41, 5.74) is 5.91. The summed E-state index contributed by atoms with van der Waals surface area (Å²) in [4.78, 5) is 12.4. The van der Waals surface area contributed by atoms with Gasteiger partial charge in [0.1, 0.15) is 0 Å². The largest absolute Gasteiger partial charge is 0.353 e. The Kier molecular flexibility index (Phi) is 5.68. The number of rotatable bonds is 5. The third-order valence-corrected chi connectivity index (χ3v) is 5.07. The van der Waals surface area contributed by atoms with Gasteiger partial charge in [0, 0.05) is 18.0 Å². The minimum absolute atomic E-state index is 0.235. The highest BCUT2D eigenvalue weighted by atomic mass is 16.1. The Morgan fingerprint density at radius 1 is 1.16 bits per heavy atom. The van der Waals surface area contributed by atoms with Crippen LogP contribution in [0.1, 0.15) is 71.1 Å². The van der Waals surface area contributed by atoms with Crippen molar-refractivity contribution in [3.05, 3.63) is 0 Å². The average Bonchev–Trinajstić information content (AvgIpc) is 2.91. The molecule has 3 N–H and O–H groups in total. The number of carbonyl (C=O) groups is 1. The molecule has 3 nitrogen and oxygen atoms in total. The molecular formula is C16H30N2O. The number of nitrogens with two attached hydrogens (primary N) is 1. The Hall–Kier alpha value is -0.570. The van der Waals surface area contributed by atoms with Crippen molar-refractivity contribution in [3.63, 3.8) is 0 Å². The van der Waals surface area contributed by atoms with E-state index in [1.54, 1.807) is 0 Å². The maximum absolute atomic E-state index is 12.4. The first-order valence-electron chi connectivity index (χ1n) is 8.25. The highest BCUT2D eigenvalue weighted by molar-refractivity contribution is 5.78. The molecule has 0 bridgehead atoms. The highest BCUT2D eigenvalue weighted by Crippen LogP contribution is 2.31. The summed E-state index contributed by atoms with van der Waals surface area (Å²) in [6.45, 7) is 2.15. The van der Waals surface area contributed by atoms with E-state index in [0.29, 0.717) is 18.0 Å². The predicted octanol–water partition coefficient (Wildman–Crippen LogP) is 2.98. The van der Waals surface area contributed by atoms with Crippen LogP contribution in [0.5, 0.6) is 0 Å². The molecular weight excluding hydrogens is 236 g/mol. The molecule has 2 fully saturated rings. The summed E-state index contributed by atoms with van der Waals surface area (Å²) in [5, 5.41) is 3.27. The van der Waals surface area contributed by atoms with Gasteiger partial charge in [-0.15, -0.1) is 0 Å². The van der Waals surface area contributed by atoms with Crippen LogP contribution in [0.15, 0.2) is 0 Å². The lowest BCUT2D eigenvalue weighted by atomic mass is 9.88. The van der Waals surface area contributed by atoms with Crippen molar-refractivity contribution in [2.75, 3.05) is 0 Å². The van der Waals surface area contributed by atoms with Gasteiger partial charge in [0.25, 0.3) is 0 Å². The number of amides is 1. The first-order valence-corrected chi connectivity index (χ1v) is 8.25.